The van der Waals surface area contributed by atoms with E-state index in [1.807, 2.05) is 0 Å². The number of hydrogen-bond acceptors (Lipinski definition) is 11. The highest BCUT2D eigenvalue weighted by Crippen LogP contribution is 2.12. The summed E-state index contributed by atoms with van der Waals surface area (Å²) in [5, 5.41) is 49.7. The number of carboxylic acid groups (broad SMARTS) is 1. The molecule has 0 radical (unpaired) electrons. The molecule has 0 aliphatic heterocycles. The van der Waals surface area contributed by atoms with Gasteiger partial charge in [-0.3, -0.25) is 28.8 Å². The van der Waals surface area contributed by atoms with Crippen LogP contribution in [-0.2, 0) is 40.0 Å². The highest BCUT2D eigenvalue weighted by Gasteiger charge is 2.34. The van der Waals surface area contributed by atoms with Crippen molar-refractivity contribution >= 4 is 41.4 Å². The number of aliphatic carboxylic acids is 1. The van der Waals surface area contributed by atoms with Crippen molar-refractivity contribution in [2.24, 2.45) is 17.4 Å². The first-order chi connectivity index (χ1) is 21.0. The number of hydrogen-bond donors (Lipinski definition) is 11. The van der Waals surface area contributed by atoms with Crippen LogP contribution in [0.3, 0.4) is 0 Å². The molecule has 18 nitrogen and oxygen atoms in total. The van der Waals surface area contributed by atoms with Gasteiger partial charge >= 0.3 is 5.97 Å². The lowest BCUT2D eigenvalue weighted by molar-refractivity contribution is -0.143. The average Bonchev–Trinajstić information content (AvgIpc) is 2.96. The monoisotopic (exact) mass is 639 g/mol. The molecule has 0 fully saturated rings. The molecule has 0 saturated heterocycles. The summed E-state index contributed by atoms with van der Waals surface area (Å²) < 4.78 is 0. The third kappa shape index (κ3) is 13.2. The van der Waals surface area contributed by atoms with Crippen molar-refractivity contribution in [2.75, 3.05) is 13.2 Å². The molecule has 45 heavy (non-hydrogen) atoms. The lowest BCUT2D eigenvalue weighted by Crippen LogP contribution is -2.61. The molecule has 250 valence electrons. The third-order valence-electron chi connectivity index (χ3n) is 6.37. The molecule has 0 aliphatic rings. The summed E-state index contributed by atoms with van der Waals surface area (Å²) in [6, 6.07) is -2.08. The van der Waals surface area contributed by atoms with E-state index in [2.05, 4.69) is 26.6 Å². The normalized spacial score (nSPS) is 14.9. The quantitative estimate of drug-likeness (QED) is 0.0722. The minimum absolute atomic E-state index is 0.0624. The summed E-state index contributed by atoms with van der Waals surface area (Å²) in [5.41, 5.74) is 11.3. The van der Waals surface area contributed by atoms with Crippen LogP contribution in [0.4, 0.5) is 0 Å². The summed E-state index contributed by atoms with van der Waals surface area (Å²) in [6.07, 6.45) is -2.62. The van der Waals surface area contributed by atoms with Crippen molar-refractivity contribution in [1.29, 1.82) is 0 Å². The average molecular weight is 640 g/mol. The minimum atomic E-state index is -1.76. The molecule has 1 rings (SSSR count). The summed E-state index contributed by atoms with van der Waals surface area (Å²) in [5.74, 6) is -7.76. The first kappa shape index (κ1) is 38.2. The molecule has 0 saturated carbocycles. The summed E-state index contributed by atoms with van der Waals surface area (Å²) in [4.78, 5) is 86.3. The molecule has 18 heteroatoms. The van der Waals surface area contributed by atoms with Crippen LogP contribution >= 0.6 is 0 Å². The Hall–Kier alpha value is -4.81. The standard InChI is InChI=1S/C27H41N7O11/c1-12(2)21(29)25(42)30-10-20(39)31-18(11-35)24(41)32-16(9-19(28)38)23(40)34-22(13(3)36)26(43)33-17(27(44)45)8-14-4-6-15(37)7-5-14/h4-7,12-13,16-18,21-22,35-37H,8-11,29H2,1-3H3,(H2,28,38)(H,30,42)(H,31,39)(H,32,41)(H,33,43)(H,34,40)(H,44,45). The van der Waals surface area contributed by atoms with E-state index in [1.165, 1.54) is 24.3 Å². The lowest BCUT2D eigenvalue weighted by atomic mass is 10.0. The first-order valence-electron chi connectivity index (χ1n) is 13.8. The fourth-order valence-electron chi connectivity index (χ4n) is 3.70. The van der Waals surface area contributed by atoms with Crippen molar-refractivity contribution in [3.8, 4) is 5.75 Å². The number of carbonyl (C=O) groups is 7. The van der Waals surface area contributed by atoms with Crippen LogP contribution in [0.2, 0.25) is 0 Å². The van der Waals surface area contributed by atoms with Crippen LogP contribution < -0.4 is 38.1 Å². The molecule has 1 aromatic rings. The van der Waals surface area contributed by atoms with Gasteiger partial charge in [0.2, 0.25) is 35.4 Å². The van der Waals surface area contributed by atoms with Gasteiger partial charge in [-0.2, -0.15) is 0 Å². The van der Waals surface area contributed by atoms with Crippen molar-refractivity contribution in [2.45, 2.75) is 69.9 Å². The highest BCUT2D eigenvalue weighted by atomic mass is 16.4. The Balaban J connectivity index is 2.96. The molecule has 0 aliphatic carbocycles. The maximum absolute atomic E-state index is 13.0. The Kier molecular flexibility index (Phi) is 15.4. The number of carboxylic acids is 1. The zero-order valence-corrected chi connectivity index (χ0v) is 25.0. The predicted octanol–water partition coefficient (Wildman–Crippen LogP) is -4.69. The Morgan fingerprint density at radius 2 is 1.36 bits per heavy atom. The number of benzene rings is 1. The highest BCUT2D eigenvalue weighted by molar-refractivity contribution is 5.97. The lowest BCUT2D eigenvalue weighted by Gasteiger charge is -2.26. The summed E-state index contributed by atoms with van der Waals surface area (Å²) in [6.45, 7) is 2.95. The first-order valence-corrected chi connectivity index (χ1v) is 13.8. The molecule has 6 atom stereocenters. The number of primary amides is 1. The van der Waals surface area contributed by atoms with Crippen molar-refractivity contribution in [3.63, 3.8) is 0 Å². The maximum atomic E-state index is 13.0. The van der Waals surface area contributed by atoms with Gasteiger partial charge in [0.1, 0.15) is 29.9 Å². The Morgan fingerprint density at radius 3 is 1.84 bits per heavy atom. The van der Waals surface area contributed by atoms with Gasteiger partial charge in [0.05, 0.1) is 31.7 Å². The van der Waals surface area contributed by atoms with E-state index >= 15 is 0 Å². The second-order valence-corrected chi connectivity index (χ2v) is 10.5. The molecular weight excluding hydrogens is 598 g/mol. The van der Waals surface area contributed by atoms with E-state index in [0.29, 0.717) is 5.56 Å². The largest absolute Gasteiger partial charge is 0.508 e. The molecule has 13 N–H and O–H groups in total. The minimum Gasteiger partial charge on any atom is -0.508 e. The number of amides is 6. The second kappa shape index (κ2) is 18.1. The summed E-state index contributed by atoms with van der Waals surface area (Å²) >= 11 is 0. The molecule has 0 heterocycles. The number of nitrogens with two attached hydrogens (primary N) is 2. The zero-order chi connectivity index (χ0) is 34.4. The predicted molar refractivity (Wildman–Crippen MR) is 156 cm³/mol. The molecule has 1 aromatic carbocycles. The van der Waals surface area contributed by atoms with Gasteiger partial charge in [-0.05, 0) is 30.5 Å². The van der Waals surface area contributed by atoms with Crippen molar-refractivity contribution in [1.82, 2.24) is 26.6 Å². The number of aromatic hydroxyl groups is 1. The Labute approximate surface area is 258 Å². The van der Waals surface area contributed by atoms with E-state index in [1.54, 1.807) is 13.8 Å². The van der Waals surface area contributed by atoms with Crippen molar-refractivity contribution < 1.29 is 54.0 Å². The number of aliphatic hydroxyl groups is 2. The van der Waals surface area contributed by atoms with E-state index in [-0.39, 0.29) is 18.1 Å². The maximum Gasteiger partial charge on any atom is 0.326 e. The van der Waals surface area contributed by atoms with Gasteiger partial charge in [-0.1, -0.05) is 26.0 Å². The zero-order valence-electron chi connectivity index (χ0n) is 25.0. The van der Waals surface area contributed by atoms with E-state index < -0.39 is 97.3 Å². The fraction of sp³-hybridized carbons (Fsp3) is 0.519. The fourth-order valence-corrected chi connectivity index (χ4v) is 3.70. The number of aliphatic hydroxyl groups excluding tert-OH is 2. The van der Waals surface area contributed by atoms with Gasteiger partial charge in [-0.15, -0.1) is 0 Å². The smallest absolute Gasteiger partial charge is 0.326 e. The van der Waals surface area contributed by atoms with Gasteiger partial charge in [-0.25, -0.2) is 4.79 Å². The Morgan fingerprint density at radius 1 is 0.800 bits per heavy atom. The number of rotatable bonds is 18. The van der Waals surface area contributed by atoms with Crippen LogP contribution in [0.5, 0.6) is 5.75 Å². The van der Waals surface area contributed by atoms with Gasteiger partial charge in [0.15, 0.2) is 0 Å². The number of nitrogens with one attached hydrogen (secondary N) is 5. The molecule has 0 spiro atoms. The van der Waals surface area contributed by atoms with E-state index in [9.17, 15) is 54.0 Å². The number of phenolic OH excluding ortho intramolecular Hbond substituents is 1. The van der Waals surface area contributed by atoms with Gasteiger partial charge in [0, 0.05) is 6.42 Å². The molecule has 0 bridgehead atoms. The molecular formula is C27H41N7O11. The summed E-state index contributed by atoms with van der Waals surface area (Å²) in [7, 11) is 0. The van der Waals surface area contributed by atoms with Crippen LogP contribution in [0.25, 0.3) is 0 Å². The molecule has 6 unspecified atom stereocenters. The topological polar surface area (TPSA) is 313 Å². The van der Waals surface area contributed by atoms with E-state index in [4.69, 9.17) is 11.5 Å². The Bertz CT molecular complexity index is 1220. The van der Waals surface area contributed by atoms with Crippen LogP contribution in [0.1, 0.15) is 32.8 Å². The molecule has 6 amide bonds. The second-order valence-electron chi connectivity index (χ2n) is 10.5. The van der Waals surface area contributed by atoms with Crippen molar-refractivity contribution in [3.05, 3.63) is 29.8 Å². The number of carbonyl (C=O) groups excluding carboxylic acids is 6. The third-order valence-corrected chi connectivity index (χ3v) is 6.37. The van der Waals surface area contributed by atoms with Crippen LogP contribution in [0.15, 0.2) is 24.3 Å². The van der Waals surface area contributed by atoms with Crippen LogP contribution in [-0.4, -0.2) is 111 Å². The van der Waals surface area contributed by atoms with Crippen LogP contribution in [0, 0.1) is 5.92 Å². The SMILES string of the molecule is CC(C)C(N)C(=O)NCC(=O)NC(CO)C(=O)NC(CC(N)=O)C(=O)NC(C(=O)NC(Cc1ccc(O)cc1)C(=O)O)C(C)O. The van der Waals surface area contributed by atoms with Gasteiger partial charge in [0.25, 0.3) is 0 Å². The molecule has 0 aromatic heterocycles. The van der Waals surface area contributed by atoms with E-state index in [0.717, 1.165) is 6.92 Å². The number of phenols is 1. The van der Waals surface area contributed by atoms with Gasteiger partial charge < -0.3 is 58.5 Å².